The van der Waals surface area contributed by atoms with Crippen LogP contribution in [-0.2, 0) is 6.54 Å². The fraction of sp³-hybridized carbons (Fsp3) is 0.455. The Balaban J connectivity index is 1.33. The van der Waals surface area contributed by atoms with Gasteiger partial charge in [-0.15, -0.1) is 0 Å². The maximum atomic E-state index is 6.08. The minimum atomic E-state index is -0.0308. The highest BCUT2D eigenvalue weighted by Crippen LogP contribution is 2.35. The normalized spacial score (nSPS) is 25.6. The highest BCUT2D eigenvalue weighted by molar-refractivity contribution is 5.41. The van der Waals surface area contributed by atoms with Gasteiger partial charge in [-0.1, -0.05) is 43.3 Å². The Morgan fingerprint density at radius 2 is 1.64 bits per heavy atom. The van der Waals surface area contributed by atoms with Crippen LogP contribution in [-0.4, -0.2) is 12.6 Å². The van der Waals surface area contributed by atoms with Crippen molar-refractivity contribution in [2.75, 3.05) is 6.61 Å². The zero-order valence-electron chi connectivity index (χ0n) is 14.9. The molecule has 1 atom stereocenters. The topological polar surface area (TPSA) is 30.5 Å². The minimum absolute atomic E-state index is 0.0308. The molecule has 1 unspecified atom stereocenters. The van der Waals surface area contributed by atoms with Crippen LogP contribution >= 0.6 is 0 Å². The molecule has 0 bridgehead atoms. The first kappa shape index (κ1) is 16.5. The Labute approximate surface area is 150 Å². The summed E-state index contributed by atoms with van der Waals surface area (Å²) in [6, 6.07) is 17.3. The lowest BCUT2D eigenvalue weighted by atomic mass is 9.87. The number of rotatable bonds is 4. The van der Waals surface area contributed by atoms with Crippen molar-refractivity contribution in [2.24, 2.45) is 5.92 Å². The van der Waals surface area contributed by atoms with Crippen molar-refractivity contribution in [1.82, 2.24) is 5.32 Å². The molecule has 2 aliphatic rings. The van der Waals surface area contributed by atoms with Crippen LogP contribution in [0.15, 0.2) is 48.5 Å². The third kappa shape index (κ3) is 3.98. The molecule has 0 amide bonds. The van der Waals surface area contributed by atoms with Crippen molar-refractivity contribution in [3.63, 3.8) is 0 Å². The summed E-state index contributed by atoms with van der Waals surface area (Å²) in [5.74, 6) is 2.57. The second kappa shape index (κ2) is 7.49. The van der Waals surface area contributed by atoms with Crippen LogP contribution in [0.25, 0.3) is 0 Å². The fourth-order valence-electron chi connectivity index (χ4n) is 3.76. The number of ether oxygens (including phenoxy) is 2. The van der Waals surface area contributed by atoms with Crippen LogP contribution in [0.1, 0.15) is 49.8 Å². The third-order valence-electron chi connectivity index (χ3n) is 5.47. The number of fused-ring (bicyclic) bond motifs is 1. The van der Waals surface area contributed by atoms with Crippen LogP contribution in [0.2, 0.25) is 0 Å². The summed E-state index contributed by atoms with van der Waals surface area (Å²) in [7, 11) is 0. The number of nitrogens with one attached hydrogen (secondary N) is 1. The van der Waals surface area contributed by atoms with Crippen LogP contribution in [0.3, 0.4) is 0 Å². The van der Waals surface area contributed by atoms with Crippen LogP contribution < -0.4 is 14.8 Å². The molecule has 2 aromatic carbocycles. The number of benzene rings is 2. The van der Waals surface area contributed by atoms with E-state index < -0.39 is 0 Å². The predicted molar refractivity (Wildman–Crippen MR) is 100 cm³/mol. The molecular weight excluding hydrogens is 310 g/mol. The van der Waals surface area contributed by atoms with E-state index in [9.17, 15) is 0 Å². The molecule has 132 valence electrons. The van der Waals surface area contributed by atoms with Gasteiger partial charge in [-0.3, -0.25) is 0 Å². The Morgan fingerprint density at radius 3 is 2.40 bits per heavy atom. The molecule has 1 saturated carbocycles. The van der Waals surface area contributed by atoms with E-state index >= 15 is 0 Å². The molecule has 1 aliphatic carbocycles. The van der Waals surface area contributed by atoms with Gasteiger partial charge in [-0.25, -0.2) is 0 Å². The second-order valence-electron chi connectivity index (χ2n) is 7.44. The van der Waals surface area contributed by atoms with Crippen molar-refractivity contribution in [3.05, 3.63) is 59.7 Å². The van der Waals surface area contributed by atoms with Gasteiger partial charge in [-0.05, 0) is 54.9 Å². The smallest absolute Gasteiger partial charge is 0.162 e. The lowest BCUT2D eigenvalue weighted by molar-refractivity contribution is 0.0913. The van der Waals surface area contributed by atoms with Crippen molar-refractivity contribution >= 4 is 0 Å². The van der Waals surface area contributed by atoms with Gasteiger partial charge in [0.1, 0.15) is 6.61 Å². The quantitative estimate of drug-likeness (QED) is 0.863. The summed E-state index contributed by atoms with van der Waals surface area (Å²) in [5.41, 5.74) is 2.50. The summed E-state index contributed by atoms with van der Waals surface area (Å²) in [6.07, 6.45) is 5.31. The highest BCUT2D eigenvalue weighted by atomic mass is 16.6. The molecule has 1 fully saturated rings. The van der Waals surface area contributed by atoms with Crippen molar-refractivity contribution in [1.29, 1.82) is 0 Å². The first-order valence-corrected chi connectivity index (χ1v) is 9.48. The van der Waals surface area contributed by atoms with E-state index in [4.69, 9.17) is 9.47 Å². The van der Waals surface area contributed by atoms with Gasteiger partial charge in [0.25, 0.3) is 0 Å². The largest absolute Gasteiger partial charge is 0.485 e. The van der Waals surface area contributed by atoms with Crippen molar-refractivity contribution < 1.29 is 9.47 Å². The summed E-state index contributed by atoms with van der Waals surface area (Å²) in [4.78, 5) is 0. The molecule has 0 saturated heterocycles. The van der Waals surface area contributed by atoms with Crippen molar-refractivity contribution in [2.45, 2.75) is 51.3 Å². The van der Waals surface area contributed by atoms with Gasteiger partial charge >= 0.3 is 0 Å². The van der Waals surface area contributed by atoms with Crippen LogP contribution in [0.4, 0.5) is 0 Å². The zero-order chi connectivity index (χ0) is 17.1. The Hall–Kier alpha value is -2.00. The maximum Gasteiger partial charge on any atom is 0.162 e. The van der Waals surface area contributed by atoms with Gasteiger partial charge in [0, 0.05) is 12.6 Å². The van der Waals surface area contributed by atoms with Gasteiger partial charge in [0.2, 0.25) is 0 Å². The minimum Gasteiger partial charge on any atom is -0.485 e. The molecule has 0 radical (unpaired) electrons. The van der Waals surface area contributed by atoms with Crippen molar-refractivity contribution in [3.8, 4) is 11.5 Å². The van der Waals surface area contributed by atoms with E-state index in [1.807, 2.05) is 24.3 Å². The maximum absolute atomic E-state index is 6.08. The monoisotopic (exact) mass is 337 g/mol. The summed E-state index contributed by atoms with van der Waals surface area (Å²) in [6.45, 7) is 3.88. The average molecular weight is 337 g/mol. The molecule has 4 rings (SSSR count). The Kier molecular flexibility index (Phi) is 4.93. The average Bonchev–Trinajstić information content (AvgIpc) is 2.68. The molecule has 1 N–H and O–H groups in total. The SMILES string of the molecule is CC1CCC(NCc2ccc(C3COc4ccccc4O3)cc2)CC1. The Bertz CT molecular complexity index is 689. The van der Waals surface area contributed by atoms with E-state index in [0.717, 1.165) is 24.0 Å². The molecule has 2 aromatic rings. The van der Waals surface area contributed by atoms with E-state index in [0.29, 0.717) is 12.6 Å². The Morgan fingerprint density at radius 1 is 0.920 bits per heavy atom. The first-order valence-electron chi connectivity index (χ1n) is 9.48. The second-order valence-corrected chi connectivity index (χ2v) is 7.44. The van der Waals surface area contributed by atoms with E-state index in [1.54, 1.807) is 0 Å². The predicted octanol–water partition coefficient (Wildman–Crippen LogP) is 4.87. The van der Waals surface area contributed by atoms with Crippen LogP contribution in [0, 0.1) is 5.92 Å². The standard InChI is InChI=1S/C22H27NO2/c1-16-6-12-19(13-7-16)23-14-17-8-10-18(11-9-17)22-15-24-20-4-2-3-5-21(20)25-22/h2-5,8-11,16,19,22-23H,6-7,12-15H2,1H3. The lowest BCUT2D eigenvalue weighted by Crippen LogP contribution is -2.32. The molecular formula is C22H27NO2. The highest BCUT2D eigenvalue weighted by Gasteiger charge is 2.22. The molecule has 3 nitrogen and oxygen atoms in total. The molecule has 0 aromatic heterocycles. The first-order chi connectivity index (χ1) is 12.3. The van der Waals surface area contributed by atoms with E-state index in [2.05, 4.69) is 36.5 Å². The van der Waals surface area contributed by atoms with E-state index in [1.165, 1.54) is 36.8 Å². The summed E-state index contributed by atoms with van der Waals surface area (Å²) < 4.78 is 11.9. The number of hydrogen-bond acceptors (Lipinski definition) is 3. The summed E-state index contributed by atoms with van der Waals surface area (Å²) in [5, 5.41) is 3.71. The molecule has 1 aliphatic heterocycles. The molecule has 1 heterocycles. The zero-order valence-corrected chi connectivity index (χ0v) is 14.9. The summed E-state index contributed by atoms with van der Waals surface area (Å²) >= 11 is 0. The van der Waals surface area contributed by atoms with Gasteiger partial charge in [0.15, 0.2) is 17.6 Å². The van der Waals surface area contributed by atoms with E-state index in [-0.39, 0.29) is 6.10 Å². The van der Waals surface area contributed by atoms with Gasteiger partial charge < -0.3 is 14.8 Å². The third-order valence-corrected chi connectivity index (χ3v) is 5.47. The number of para-hydroxylation sites is 2. The molecule has 25 heavy (non-hydrogen) atoms. The number of hydrogen-bond donors (Lipinski definition) is 1. The lowest BCUT2D eigenvalue weighted by Gasteiger charge is -2.27. The molecule has 0 spiro atoms. The molecule has 3 heteroatoms. The fourth-order valence-corrected chi connectivity index (χ4v) is 3.76. The van der Waals surface area contributed by atoms with Gasteiger partial charge in [0.05, 0.1) is 0 Å². The van der Waals surface area contributed by atoms with Crippen LogP contribution in [0.5, 0.6) is 11.5 Å². The van der Waals surface area contributed by atoms with Gasteiger partial charge in [-0.2, -0.15) is 0 Å².